The Labute approximate surface area is 220 Å². The topological polar surface area (TPSA) is 118 Å². The van der Waals surface area contributed by atoms with Crippen molar-refractivity contribution in [1.82, 2.24) is 15.2 Å². The van der Waals surface area contributed by atoms with Gasteiger partial charge >= 0.3 is 5.97 Å². The van der Waals surface area contributed by atoms with Gasteiger partial charge in [0.2, 0.25) is 0 Å². The van der Waals surface area contributed by atoms with Crippen molar-refractivity contribution >= 4 is 34.6 Å². The van der Waals surface area contributed by atoms with Crippen LogP contribution in [0.25, 0.3) is 10.6 Å². The maximum Gasteiger partial charge on any atom is 0.306 e. The molecule has 3 aromatic rings. The van der Waals surface area contributed by atoms with Gasteiger partial charge in [0.15, 0.2) is 0 Å². The van der Waals surface area contributed by atoms with Crippen LogP contribution < -0.4 is 10.2 Å². The number of phenolic OH excluding ortho intramolecular Hbond substituents is 1. The Bertz CT molecular complexity index is 1260. The van der Waals surface area contributed by atoms with E-state index in [4.69, 9.17) is 4.74 Å². The maximum absolute atomic E-state index is 13.1. The fraction of sp³-hybridized carbons (Fsp3) is 0.444. The number of esters is 1. The average molecular weight is 524 g/mol. The van der Waals surface area contributed by atoms with Gasteiger partial charge < -0.3 is 20.1 Å². The quantitative estimate of drug-likeness (QED) is 0.320. The lowest BCUT2D eigenvalue weighted by Crippen LogP contribution is -2.37. The number of benzene rings is 1. The fourth-order valence-electron chi connectivity index (χ4n) is 4.53. The van der Waals surface area contributed by atoms with Gasteiger partial charge in [0, 0.05) is 36.0 Å². The molecule has 3 heterocycles. The summed E-state index contributed by atoms with van der Waals surface area (Å²) in [5.74, 6) is -0.0303. The van der Waals surface area contributed by atoms with Crippen LogP contribution in [0.4, 0.5) is 11.4 Å². The Morgan fingerprint density at radius 2 is 2.05 bits per heavy atom. The number of nitrogens with zero attached hydrogens (tertiary/aromatic N) is 4. The summed E-state index contributed by atoms with van der Waals surface area (Å²) in [6, 6.07) is 5.11. The summed E-state index contributed by atoms with van der Waals surface area (Å²) in [6.07, 6.45) is 6.27. The van der Waals surface area contributed by atoms with Gasteiger partial charge in [-0.2, -0.15) is 10.2 Å². The smallest absolute Gasteiger partial charge is 0.306 e. The highest BCUT2D eigenvalue weighted by Gasteiger charge is 2.26. The summed E-state index contributed by atoms with van der Waals surface area (Å²) in [6.45, 7) is 8.99. The Kier molecular flexibility index (Phi) is 8.06. The lowest BCUT2D eigenvalue weighted by Gasteiger charge is -2.36. The second-order valence-electron chi connectivity index (χ2n) is 10.3. The first-order chi connectivity index (χ1) is 17.6. The van der Waals surface area contributed by atoms with E-state index in [1.165, 1.54) is 11.3 Å². The molecule has 10 heteroatoms. The molecule has 1 fully saturated rings. The fourth-order valence-corrected chi connectivity index (χ4v) is 5.32. The highest BCUT2D eigenvalue weighted by atomic mass is 32.1. The van der Waals surface area contributed by atoms with Crippen LogP contribution >= 0.6 is 11.3 Å². The normalized spacial score (nSPS) is 15.9. The Balaban J connectivity index is 1.48. The highest BCUT2D eigenvalue weighted by molar-refractivity contribution is 7.13. The number of nitrogens with one attached hydrogen (secondary N) is 1. The van der Waals surface area contributed by atoms with Crippen molar-refractivity contribution in [2.24, 2.45) is 5.92 Å². The predicted octanol–water partition coefficient (Wildman–Crippen LogP) is 5.20. The standard InChI is InChI=1S/C27H33N5O4S/c1-17-22(33)9-8-20(30-25(35)21-16-37-26(31-21)19-11-12-28-29-14-19)24(17)32-13-5-6-18(15-32)7-10-23(34)36-27(2,3)4/h8-9,11-12,14,16,18,33H,5-7,10,13,15H2,1-4H3,(H,30,35)/t18-/m0/s1. The van der Waals surface area contributed by atoms with Crippen molar-refractivity contribution in [3.63, 3.8) is 0 Å². The van der Waals surface area contributed by atoms with Crippen molar-refractivity contribution < 1.29 is 19.4 Å². The number of amides is 1. The van der Waals surface area contributed by atoms with E-state index in [-0.39, 0.29) is 17.6 Å². The largest absolute Gasteiger partial charge is 0.508 e. The molecule has 1 saturated heterocycles. The van der Waals surface area contributed by atoms with Gasteiger partial charge in [-0.15, -0.1) is 11.3 Å². The number of carbonyl (C=O) groups is 2. The third kappa shape index (κ3) is 6.82. The number of anilines is 2. The zero-order chi connectivity index (χ0) is 26.6. The van der Waals surface area contributed by atoms with Crippen molar-refractivity contribution in [3.05, 3.63) is 47.2 Å². The maximum atomic E-state index is 13.1. The van der Waals surface area contributed by atoms with E-state index in [9.17, 15) is 14.7 Å². The van der Waals surface area contributed by atoms with Crippen LogP contribution in [-0.2, 0) is 9.53 Å². The number of hydrogen-bond acceptors (Lipinski definition) is 9. The van der Waals surface area contributed by atoms with Crippen LogP contribution in [0.5, 0.6) is 5.75 Å². The first-order valence-electron chi connectivity index (χ1n) is 12.4. The third-order valence-corrected chi connectivity index (χ3v) is 7.12. The molecule has 0 saturated carbocycles. The minimum Gasteiger partial charge on any atom is -0.508 e. The number of carbonyl (C=O) groups excluding carboxylic acids is 2. The molecule has 0 spiro atoms. The molecule has 1 aliphatic heterocycles. The monoisotopic (exact) mass is 523 g/mol. The first kappa shape index (κ1) is 26.5. The zero-order valence-electron chi connectivity index (χ0n) is 21.7. The minimum atomic E-state index is -0.491. The minimum absolute atomic E-state index is 0.171. The second-order valence-corrected chi connectivity index (χ2v) is 11.2. The molecule has 1 atom stereocenters. The molecular formula is C27H33N5O4S. The van der Waals surface area contributed by atoms with Gasteiger partial charge in [-0.1, -0.05) is 0 Å². The molecule has 4 rings (SSSR count). The van der Waals surface area contributed by atoms with Crippen LogP contribution in [-0.4, -0.2) is 50.9 Å². The Morgan fingerprint density at radius 3 is 2.78 bits per heavy atom. The van der Waals surface area contributed by atoms with E-state index in [1.807, 2.05) is 27.7 Å². The zero-order valence-corrected chi connectivity index (χ0v) is 22.5. The van der Waals surface area contributed by atoms with E-state index < -0.39 is 5.60 Å². The number of aromatic nitrogens is 3. The molecule has 9 nitrogen and oxygen atoms in total. The predicted molar refractivity (Wildman–Crippen MR) is 144 cm³/mol. The van der Waals surface area contributed by atoms with Crippen LogP contribution in [0.15, 0.2) is 36.0 Å². The van der Waals surface area contributed by atoms with Gasteiger partial charge in [0.25, 0.3) is 5.91 Å². The number of ether oxygens (including phenoxy) is 1. The van der Waals surface area contributed by atoms with Crippen molar-refractivity contribution in [2.45, 2.75) is 59.0 Å². The second kappa shape index (κ2) is 11.2. The van der Waals surface area contributed by atoms with Crippen LogP contribution in [0, 0.1) is 12.8 Å². The van der Waals surface area contributed by atoms with E-state index >= 15 is 0 Å². The first-order valence-corrected chi connectivity index (χ1v) is 13.3. The third-order valence-electron chi connectivity index (χ3n) is 6.23. The molecule has 2 N–H and O–H groups in total. The van der Waals surface area contributed by atoms with Crippen molar-refractivity contribution in [1.29, 1.82) is 0 Å². The highest BCUT2D eigenvalue weighted by Crippen LogP contribution is 2.38. The Hall–Kier alpha value is -3.53. The molecule has 0 unspecified atom stereocenters. The molecule has 0 radical (unpaired) electrons. The number of rotatable bonds is 7. The Morgan fingerprint density at radius 1 is 1.24 bits per heavy atom. The molecular weight excluding hydrogens is 490 g/mol. The molecule has 37 heavy (non-hydrogen) atoms. The van der Waals surface area contributed by atoms with E-state index in [0.29, 0.717) is 34.3 Å². The van der Waals surface area contributed by atoms with Crippen LogP contribution in [0.2, 0.25) is 0 Å². The number of piperidine rings is 1. The summed E-state index contributed by atoms with van der Waals surface area (Å²) in [5.41, 5.74) is 2.73. The lowest BCUT2D eigenvalue weighted by molar-refractivity contribution is -0.155. The van der Waals surface area contributed by atoms with Crippen LogP contribution in [0.1, 0.15) is 62.5 Å². The summed E-state index contributed by atoms with van der Waals surface area (Å²) in [7, 11) is 0. The van der Waals surface area contributed by atoms with E-state index in [0.717, 1.165) is 43.6 Å². The molecule has 1 aromatic carbocycles. The lowest BCUT2D eigenvalue weighted by atomic mass is 9.92. The number of hydrogen-bond donors (Lipinski definition) is 2. The van der Waals surface area contributed by atoms with E-state index in [1.54, 1.807) is 36.0 Å². The van der Waals surface area contributed by atoms with E-state index in [2.05, 4.69) is 25.4 Å². The summed E-state index contributed by atoms with van der Waals surface area (Å²) < 4.78 is 5.47. The van der Waals surface area contributed by atoms with Gasteiger partial charge in [0.05, 0.1) is 23.8 Å². The number of phenols is 1. The summed E-state index contributed by atoms with van der Waals surface area (Å²) in [4.78, 5) is 32.0. The average Bonchev–Trinajstić information content (AvgIpc) is 3.36. The van der Waals surface area contributed by atoms with Gasteiger partial charge in [-0.05, 0) is 71.1 Å². The number of aromatic hydroxyl groups is 1. The number of thiazole rings is 1. The molecule has 2 aromatic heterocycles. The van der Waals surface area contributed by atoms with Gasteiger partial charge in [-0.25, -0.2) is 4.98 Å². The summed E-state index contributed by atoms with van der Waals surface area (Å²) in [5, 5.41) is 23.5. The molecule has 1 aliphatic rings. The summed E-state index contributed by atoms with van der Waals surface area (Å²) >= 11 is 1.36. The SMILES string of the molecule is Cc1c(O)ccc(NC(=O)c2csc(-c3ccnnc3)n2)c1N1CCC[C@@H](CCC(=O)OC(C)(C)C)C1. The van der Waals surface area contributed by atoms with Gasteiger partial charge in [0.1, 0.15) is 22.1 Å². The van der Waals surface area contributed by atoms with Gasteiger partial charge in [-0.3, -0.25) is 9.59 Å². The van der Waals surface area contributed by atoms with Crippen molar-refractivity contribution in [3.8, 4) is 16.3 Å². The van der Waals surface area contributed by atoms with Crippen LogP contribution in [0.3, 0.4) is 0 Å². The molecule has 196 valence electrons. The molecule has 1 amide bonds. The molecule has 0 bridgehead atoms. The molecule has 0 aliphatic carbocycles. The van der Waals surface area contributed by atoms with Crippen molar-refractivity contribution in [2.75, 3.05) is 23.3 Å².